The van der Waals surface area contributed by atoms with Crippen molar-refractivity contribution in [2.45, 2.75) is 11.3 Å². The summed E-state index contributed by atoms with van der Waals surface area (Å²) in [5.74, 6) is 2.60. The van der Waals surface area contributed by atoms with E-state index in [2.05, 4.69) is 25.3 Å². The van der Waals surface area contributed by atoms with Crippen molar-refractivity contribution in [3.05, 3.63) is 34.6 Å². The van der Waals surface area contributed by atoms with Gasteiger partial charge in [0.05, 0.1) is 6.61 Å². The molecule has 0 N–H and O–H groups in total. The van der Waals surface area contributed by atoms with Gasteiger partial charge in [-0.25, -0.2) is 4.98 Å². The smallest absolute Gasteiger partial charge is 0.170 e. The van der Waals surface area contributed by atoms with Crippen molar-refractivity contribution in [1.82, 2.24) is 9.36 Å². The van der Waals surface area contributed by atoms with Gasteiger partial charge in [0, 0.05) is 10.2 Å². The van der Waals surface area contributed by atoms with Crippen molar-refractivity contribution in [3.8, 4) is 5.75 Å². The second-order valence-corrected chi connectivity index (χ2v) is 6.27. The number of aryl methyl sites for hydroxylation is 1. The molecular formula is C11H11BrN2OS2. The number of aromatic nitrogens is 2. The van der Waals surface area contributed by atoms with Crippen LogP contribution in [0.15, 0.2) is 33.1 Å². The van der Waals surface area contributed by atoms with Gasteiger partial charge in [-0.15, -0.1) is 0 Å². The van der Waals surface area contributed by atoms with Gasteiger partial charge < -0.3 is 4.74 Å². The molecule has 0 saturated carbocycles. The Labute approximate surface area is 117 Å². The molecule has 1 aromatic heterocycles. The predicted octanol–water partition coefficient (Wildman–Crippen LogP) is 3.78. The Hall–Kier alpha value is -0.590. The molecule has 3 nitrogen and oxygen atoms in total. The number of benzene rings is 1. The molecule has 0 aliphatic carbocycles. The molecule has 2 rings (SSSR count). The summed E-state index contributed by atoms with van der Waals surface area (Å²) in [4.78, 5) is 4.28. The largest absolute Gasteiger partial charge is 0.493 e. The van der Waals surface area contributed by atoms with Crippen LogP contribution in [0.2, 0.25) is 0 Å². The van der Waals surface area contributed by atoms with Crippen molar-refractivity contribution in [2.24, 2.45) is 0 Å². The van der Waals surface area contributed by atoms with Crippen molar-refractivity contribution >= 4 is 39.2 Å². The molecule has 0 aliphatic heterocycles. The lowest BCUT2D eigenvalue weighted by molar-refractivity contribution is 0.344. The topological polar surface area (TPSA) is 35.0 Å². The van der Waals surface area contributed by atoms with E-state index in [0.29, 0.717) is 6.61 Å². The molecule has 90 valence electrons. The van der Waals surface area contributed by atoms with Crippen LogP contribution in [0.1, 0.15) is 5.82 Å². The molecule has 0 unspecified atom stereocenters. The van der Waals surface area contributed by atoms with E-state index in [1.807, 2.05) is 31.2 Å². The summed E-state index contributed by atoms with van der Waals surface area (Å²) in [6.45, 7) is 2.57. The van der Waals surface area contributed by atoms with Crippen LogP contribution in [-0.2, 0) is 0 Å². The zero-order valence-electron chi connectivity index (χ0n) is 9.22. The molecule has 1 heterocycles. The lowest BCUT2D eigenvalue weighted by Gasteiger charge is -2.04. The Kier molecular flexibility index (Phi) is 4.82. The monoisotopic (exact) mass is 330 g/mol. The van der Waals surface area contributed by atoms with Gasteiger partial charge in [0.1, 0.15) is 11.6 Å². The first kappa shape index (κ1) is 12.9. The molecule has 0 atom stereocenters. The van der Waals surface area contributed by atoms with Gasteiger partial charge in [-0.05, 0) is 36.7 Å². The summed E-state index contributed by atoms with van der Waals surface area (Å²) in [6, 6.07) is 7.84. The minimum atomic E-state index is 0.666. The molecule has 0 spiro atoms. The van der Waals surface area contributed by atoms with Crippen LogP contribution in [0, 0.1) is 6.92 Å². The number of hydrogen-bond donors (Lipinski definition) is 0. The van der Waals surface area contributed by atoms with E-state index in [-0.39, 0.29) is 0 Å². The average Bonchev–Trinajstić information content (AvgIpc) is 2.71. The van der Waals surface area contributed by atoms with E-state index in [9.17, 15) is 0 Å². The number of rotatable bonds is 5. The first-order chi connectivity index (χ1) is 8.24. The van der Waals surface area contributed by atoms with Crippen LogP contribution in [0.3, 0.4) is 0 Å². The second-order valence-electron chi connectivity index (χ2n) is 3.26. The Morgan fingerprint density at radius 2 is 2.35 bits per heavy atom. The highest BCUT2D eigenvalue weighted by atomic mass is 79.9. The number of nitrogens with zero attached hydrogens (tertiary/aromatic N) is 2. The van der Waals surface area contributed by atoms with Crippen LogP contribution >= 0.6 is 39.2 Å². The molecule has 17 heavy (non-hydrogen) atoms. The van der Waals surface area contributed by atoms with Gasteiger partial charge in [0.15, 0.2) is 4.34 Å². The van der Waals surface area contributed by atoms with Gasteiger partial charge in [0.25, 0.3) is 0 Å². The Balaban J connectivity index is 1.73. The Bertz CT molecular complexity index is 490. The van der Waals surface area contributed by atoms with E-state index in [4.69, 9.17) is 4.74 Å². The normalized spacial score (nSPS) is 10.5. The maximum atomic E-state index is 5.62. The quantitative estimate of drug-likeness (QED) is 0.617. The van der Waals surface area contributed by atoms with E-state index in [0.717, 1.165) is 26.1 Å². The molecular weight excluding hydrogens is 320 g/mol. The fourth-order valence-corrected chi connectivity index (χ4v) is 3.09. The number of hydrogen-bond acceptors (Lipinski definition) is 5. The predicted molar refractivity (Wildman–Crippen MR) is 75.0 cm³/mol. The third-order valence-electron chi connectivity index (χ3n) is 1.88. The SMILES string of the molecule is Cc1nsc(SCCOc2cccc(Br)c2)n1. The molecule has 0 aliphatic rings. The molecule has 0 fully saturated rings. The van der Waals surface area contributed by atoms with Crippen molar-refractivity contribution in [3.63, 3.8) is 0 Å². The molecule has 6 heteroatoms. The van der Waals surface area contributed by atoms with Gasteiger partial charge in [0.2, 0.25) is 0 Å². The van der Waals surface area contributed by atoms with Crippen molar-refractivity contribution in [1.29, 1.82) is 0 Å². The van der Waals surface area contributed by atoms with Crippen LogP contribution < -0.4 is 4.74 Å². The maximum Gasteiger partial charge on any atom is 0.170 e. The molecule has 0 saturated heterocycles. The van der Waals surface area contributed by atoms with Crippen molar-refractivity contribution < 1.29 is 4.74 Å². The number of ether oxygens (including phenoxy) is 1. The van der Waals surface area contributed by atoms with E-state index < -0.39 is 0 Å². The summed E-state index contributed by atoms with van der Waals surface area (Å²) in [5, 5.41) is 0. The summed E-state index contributed by atoms with van der Waals surface area (Å²) < 4.78 is 11.8. The molecule has 0 bridgehead atoms. The zero-order chi connectivity index (χ0) is 12.1. The molecule has 0 radical (unpaired) electrons. The number of halogens is 1. The zero-order valence-corrected chi connectivity index (χ0v) is 12.4. The average molecular weight is 331 g/mol. The van der Waals surface area contributed by atoms with Gasteiger partial charge in [-0.3, -0.25) is 0 Å². The minimum absolute atomic E-state index is 0.666. The van der Waals surface area contributed by atoms with Crippen LogP contribution in [-0.4, -0.2) is 21.7 Å². The van der Waals surface area contributed by atoms with Crippen LogP contribution in [0.5, 0.6) is 5.75 Å². The van der Waals surface area contributed by atoms with E-state index in [1.54, 1.807) is 11.8 Å². The Morgan fingerprint density at radius 1 is 1.47 bits per heavy atom. The lowest BCUT2D eigenvalue weighted by atomic mass is 10.3. The second kappa shape index (κ2) is 6.37. The summed E-state index contributed by atoms with van der Waals surface area (Å²) >= 11 is 6.52. The molecule has 2 aromatic rings. The van der Waals surface area contributed by atoms with Gasteiger partial charge in [-0.1, -0.05) is 33.8 Å². The van der Waals surface area contributed by atoms with Crippen molar-refractivity contribution in [2.75, 3.05) is 12.4 Å². The van der Waals surface area contributed by atoms with E-state index >= 15 is 0 Å². The van der Waals surface area contributed by atoms with Crippen LogP contribution in [0.4, 0.5) is 0 Å². The molecule has 1 aromatic carbocycles. The third kappa shape index (κ3) is 4.29. The lowest BCUT2D eigenvalue weighted by Crippen LogP contribution is -1.99. The van der Waals surface area contributed by atoms with E-state index in [1.165, 1.54) is 11.5 Å². The van der Waals surface area contributed by atoms with Crippen LogP contribution in [0.25, 0.3) is 0 Å². The maximum absolute atomic E-state index is 5.62. The number of thioether (sulfide) groups is 1. The third-order valence-corrected chi connectivity index (χ3v) is 4.27. The summed E-state index contributed by atoms with van der Waals surface area (Å²) in [6.07, 6.45) is 0. The van der Waals surface area contributed by atoms with Gasteiger partial charge in [-0.2, -0.15) is 4.37 Å². The fraction of sp³-hybridized carbons (Fsp3) is 0.273. The summed E-state index contributed by atoms with van der Waals surface area (Å²) in [5.41, 5.74) is 0. The first-order valence-electron chi connectivity index (χ1n) is 5.05. The highest BCUT2D eigenvalue weighted by Gasteiger charge is 2.01. The highest BCUT2D eigenvalue weighted by Crippen LogP contribution is 2.21. The standard InChI is InChI=1S/C11H11BrN2OS2/c1-8-13-11(17-14-8)16-6-5-15-10-4-2-3-9(12)7-10/h2-4,7H,5-6H2,1H3. The van der Waals surface area contributed by atoms with Gasteiger partial charge >= 0.3 is 0 Å². The minimum Gasteiger partial charge on any atom is -0.493 e. The first-order valence-corrected chi connectivity index (χ1v) is 7.61. The Morgan fingerprint density at radius 3 is 3.06 bits per heavy atom. The molecule has 0 amide bonds. The highest BCUT2D eigenvalue weighted by molar-refractivity contribution is 9.10. The summed E-state index contributed by atoms with van der Waals surface area (Å²) in [7, 11) is 0. The fourth-order valence-electron chi connectivity index (χ4n) is 1.18.